The van der Waals surface area contributed by atoms with Crippen molar-refractivity contribution in [2.45, 2.75) is 13.8 Å². The van der Waals surface area contributed by atoms with E-state index in [9.17, 15) is 0 Å². The van der Waals surface area contributed by atoms with Gasteiger partial charge in [-0.15, -0.1) is 11.3 Å². The highest BCUT2D eigenvalue weighted by Gasteiger charge is 2.15. The maximum atomic E-state index is 4.68. The molecule has 0 saturated carbocycles. The largest absolute Gasteiger partial charge is 0.357 e. The molecule has 0 unspecified atom stereocenters. The lowest BCUT2D eigenvalue weighted by molar-refractivity contribution is 0.990. The summed E-state index contributed by atoms with van der Waals surface area (Å²) in [4.78, 5) is 12.4. The van der Waals surface area contributed by atoms with Crippen molar-refractivity contribution in [3.8, 4) is 0 Å². The molecule has 1 N–H and O–H groups in total. The summed E-state index contributed by atoms with van der Waals surface area (Å²) in [6, 6.07) is 10.6. The number of aromatic nitrogens is 2. The number of benzene rings is 1. The average Bonchev–Trinajstić information content (AvgIpc) is 2.96. The maximum absolute atomic E-state index is 4.68. The highest BCUT2D eigenvalue weighted by molar-refractivity contribution is 7.16. The van der Waals surface area contributed by atoms with E-state index in [4.69, 9.17) is 0 Å². The molecule has 0 aliphatic rings. The number of anilines is 3. The van der Waals surface area contributed by atoms with Gasteiger partial charge in [-0.1, -0.05) is 12.1 Å². The monoisotopic (exact) mass is 298 g/mol. The van der Waals surface area contributed by atoms with Crippen molar-refractivity contribution in [1.29, 1.82) is 0 Å². The van der Waals surface area contributed by atoms with Gasteiger partial charge in [-0.3, -0.25) is 0 Å². The number of thiophene rings is 1. The normalized spacial score (nSPS) is 10.8. The van der Waals surface area contributed by atoms with Gasteiger partial charge < -0.3 is 10.2 Å². The third-order valence-corrected chi connectivity index (χ3v) is 4.22. The molecule has 0 aliphatic heterocycles. The topological polar surface area (TPSA) is 41.1 Å². The molecular formula is C16H18N4S. The van der Waals surface area contributed by atoms with Crippen LogP contribution in [0.4, 0.5) is 17.5 Å². The van der Waals surface area contributed by atoms with Crippen LogP contribution in [0.15, 0.2) is 35.7 Å². The van der Waals surface area contributed by atoms with Gasteiger partial charge in [-0.05, 0) is 43.0 Å². The van der Waals surface area contributed by atoms with Gasteiger partial charge in [0.1, 0.15) is 10.6 Å². The number of aryl methyl sites for hydroxylation is 1. The van der Waals surface area contributed by atoms with Crippen molar-refractivity contribution in [3.63, 3.8) is 0 Å². The molecule has 4 nitrogen and oxygen atoms in total. The van der Waals surface area contributed by atoms with E-state index in [1.807, 2.05) is 7.05 Å². The lowest BCUT2D eigenvalue weighted by atomic mass is 10.2. The molecule has 0 aliphatic carbocycles. The highest BCUT2D eigenvalue weighted by atomic mass is 32.1. The van der Waals surface area contributed by atoms with Gasteiger partial charge in [0.25, 0.3) is 0 Å². The van der Waals surface area contributed by atoms with E-state index in [0.717, 1.165) is 28.3 Å². The van der Waals surface area contributed by atoms with E-state index in [0.29, 0.717) is 5.95 Å². The van der Waals surface area contributed by atoms with Gasteiger partial charge in [-0.2, -0.15) is 4.98 Å². The fourth-order valence-corrected chi connectivity index (χ4v) is 3.17. The Labute approximate surface area is 128 Å². The molecule has 2 aromatic heterocycles. The van der Waals surface area contributed by atoms with Crippen LogP contribution in [0.5, 0.6) is 0 Å². The zero-order chi connectivity index (χ0) is 14.8. The summed E-state index contributed by atoms with van der Waals surface area (Å²) >= 11 is 1.64. The number of fused-ring (bicyclic) bond motifs is 1. The minimum absolute atomic E-state index is 0.658. The van der Waals surface area contributed by atoms with Crippen LogP contribution in [0.1, 0.15) is 12.5 Å². The van der Waals surface area contributed by atoms with Crippen molar-refractivity contribution in [3.05, 3.63) is 41.3 Å². The van der Waals surface area contributed by atoms with Crippen molar-refractivity contribution in [2.75, 3.05) is 23.8 Å². The Morgan fingerprint density at radius 3 is 2.81 bits per heavy atom. The molecule has 0 spiro atoms. The van der Waals surface area contributed by atoms with Crippen LogP contribution in [0, 0.1) is 6.92 Å². The summed E-state index contributed by atoms with van der Waals surface area (Å²) in [5, 5.41) is 6.21. The van der Waals surface area contributed by atoms with E-state index >= 15 is 0 Å². The molecule has 1 aromatic carbocycles. The highest BCUT2D eigenvalue weighted by Crippen LogP contribution is 2.33. The predicted molar refractivity (Wildman–Crippen MR) is 90.8 cm³/mol. The summed E-state index contributed by atoms with van der Waals surface area (Å²) in [6.45, 7) is 5.10. The fourth-order valence-electron chi connectivity index (χ4n) is 2.41. The Morgan fingerprint density at radius 2 is 2.10 bits per heavy atom. The second-order valence-corrected chi connectivity index (χ2v) is 5.74. The van der Waals surface area contributed by atoms with Crippen molar-refractivity contribution < 1.29 is 0 Å². The average molecular weight is 298 g/mol. The number of hydrogen-bond donors (Lipinski definition) is 1. The van der Waals surface area contributed by atoms with E-state index in [-0.39, 0.29) is 0 Å². The zero-order valence-corrected chi connectivity index (χ0v) is 13.2. The first-order valence-corrected chi connectivity index (χ1v) is 7.88. The van der Waals surface area contributed by atoms with Crippen molar-refractivity contribution in [2.24, 2.45) is 0 Å². The first-order chi connectivity index (χ1) is 10.2. The van der Waals surface area contributed by atoms with Crippen LogP contribution in [-0.4, -0.2) is 23.6 Å². The second kappa shape index (κ2) is 5.69. The zero-order valence-electron chi connectivity index (χ0n) is 12.4. The lowest BCUT2D eigenvalue weighted by Gasteiger charge is -2.23. The third kappa shape index (κ3) is 2.56. The quantitative estimate of drug-likeness (QED) is 0.783. The van der Waals surface area contributed by atoms with Gasteiger partial charge in [0, 0.05) is 19.3 Å². The predicted octanol–water partition coefficient (Wildman–Crippen LogP) is 4.20. The van der Waals surface area contributed by atoms with Gasteiger partial charge >= 0.3 is 0 Å². The summed E-state index contributed by atoms with van der Waals surface area (Å²) in [5.74, 6) is 1.62. The first kappa shape index (κ1) is 13.8. The van der Waals surface area contributed by atoms with Gasteiger partial charge in [-0.25, -0.2) is 4.98 Å². The van der Waals surface area contributed by atoms with Crippen LogP contribution in [0.3, 0.4) is 0 Å². The fraction of sp³-hybridized carbons (Fsp3) is 0.250. The SMILES string of the molecule is CCN(c1cccc(C)c1)c1nc(NC)nc2sccc12. The van der Waals surface area contributed by atoms with Gasteiger partial charge in [0.15, 0.2) is 0 Å². The molecule has 0 radical (unpaired) electrons. The van der Waals surface area contributed by atoms with Crippen LogP contribution in [0.2, 0.25) is 0 Å². The second-order valence-electron chi connectivity index (χ2n) is 4.84. The van der Waals surface area contributed by atoms with E-state index < -0.39 is 0 Å². The molecule has 0 saturated heterocycles. The number of nitrogens with one attached hydrogen (secondary N) is 1. The standard InChI is InChI=1S/C16H18N4S/c1-4-20(12-7-5-6-11(2)10-12)14-13-8-9-21-15(13)19-16(17-3)18-14/h5-10H,4H2,1-3H3,(H,17,18,19). The Kier molecular flexibility index (Phi) is 3.75. The summed E-state index contributed by atoms with van der Waals surface area (Å²) in [6.07, 6.45) is 0. The molecule has 2 heterocycles. The van der Waals surface area contributed by atoms with Crippen LogP contribution in [-0.2, 0) is 0 Å². The summed E-state index contributed by atoms with van der Waals surface area (Å²) in [5.41, 5.74) is 2.40. The Bertz CT molecular complexity index is 766. The van der Waals surface area contributed by atoms with Crippen LogP contribution >= 0.6 is 11.3 Å². The van der Waals surface area contributed by atoms with Crippen molar-refractivity contribution >= 4 is 39.0 Å². The number of nitrogens with zero attached hydrogens (tertiary/aromatic N) is 3. The van der Waals surface area contributed by atoms with E-state index in [1.54, 1.807) is 11.3 Å². The molecule has 0 bridgehead atoms. The number of rotatable bonds is 4. The van der Waals surface area contributed by atoms with Gasteiger partial charge in [0.2, 0.25) is 5.95 Å². The molecular weight excluding hydrogens is 280 g/mol. The Hall–Kier alpha value is -2.14. The molecule has 3 aromatic rings. The third-order valence-electron chi connectivity index (χ3n) is 3.41. The van der Waals surface area contributed by atoms with E-state index in [2.05, 4.69) is 69.7 Å². The Balaban J connectivity index is 2.18. The van der Waals surface area contributed by atoms with E-state index in [1.165, 1.54) is 5.56 Å². The molecule has 3 rings (SSSR count). The maximum Gasteiger partial charge on any atom is 0.225 e. The molecule has 21 heavy (non-hydrogen) atoms. The van der Waals surface area contributed by atoms with Crippen molar-refractivity contribution in [1.82, 2.24) is 9.97 Å². The molecule has 0 amide bonds. The minimum Gasteiger partial charge on any atom is -0.357 e. The van der Waals surface area contributed by atoms with Crippen LogP contribution in [0.25, 0.3) is 10.2 Å². The summed E-state index contributed by atoms with van der Waals surface area (Å²) < 4.78 is 0. The molecule has 0 atom stereocenters. The molecule has 0 fully saturated rings. The lowest BCUT2D eigenvalue weighted by Crippen LogP contribution is -2.18. The van der Waals surface area contributed by atoms with Gasteiger partial charge in [0.05, 0.1) is 5.39 Å². The smallest absolute Gasteiger partial charge is 0.225 e. The number of hydrogen-bond acceptors (Lipinski definition) is 5. The molecule has 5 heteroatoms. The first-order valence-electron chi connectivity index (χ1n) is 7.00. The molecule has 108 valence electrons. The minimum atomic E-state index is 0.658. The Morgan fingerprint density at radius 1 is 1.24 bits per heavy atom. The van der Waals surface area contributed by atoms with Crippen LogP contribution < -0.4 is 10.2 Å². The summed E-state index contributed by atoms with van der Waals surface area (Å²) in [7, 11) is 1.85.